The van der Waals surface area contributed by atoms with Gasteiger partial charge in [-0.25, -0.2) is 14.8 Å². The van der Waals surface area contributed by atoms with E-state index in [0.29, 0.717) is 42.9 Å². The Morgan fingerprint density at radius 3 is 2.50 bits per heavy atom. The first kappa shape index (κ1) is 31.6. The molecule has 4 unspecified atom stereocenters. The third-order valence-electron chi connectivity index (χ3n) is 7.21. The van der Waals surface area contributed by atoms with E-state index >= 15 is 0 Å². The highest BCUT2D eigenvalue weighted by atomic mass is 35.5. The standard InChI is InChI=1S/C28H41N7O4.ClH/c1-17(2)34(13-6-12-30-27(38)33-19-9-7-18(8-10-19)28(3,4)5)15-21-22(36)23(37)26(39-21)35-14-11-20-24(29)31-16-32-25(20)35;/h7-11,14,16-17,21-23,26,36-37H,6,12-13,15H2,1-5H3,(H2,29,31,32)(H2,30,33,38);1H. The Labute approximate surface area is 241 Å². The Hall–Kier alpha value is -2.96. The number of halogens is 1. The topological polar surface area (TPSA) is 151 Å². The lowest BCUT2D eigenvalue weighted by Gasteiger charge is -2.30. The van der Waals surface area contributed by atoms with Crippen molar-refractivity contribution in [2.75, 3.05) is 30.7 Å². The molecule has 4 atom stereocenters. The molecule has 220 valence electrons. The molecule has 0 aliphatic carbocycles. The van der Waals surface area contributed by atoms with Crippen LogP contribution in [-0.4, -0.2) is 79.7 Å². The summed E-state index contributed by atoms with van der Waals surface area (Å²) in [5.74, 6) is 0.343. The molecule has 1 aromatic carbocycles. The molecule has 0 spiro atoms. The number of anilines is 2. The smallest absolute Gasteiger partial charge is 0.319 e. The second kappa shape index (κ2) is 13.1. The molecule has 2 amide bonds. The summed E-state index contributed by atoms with van der Waals surface area (Å²) in [6.07, 6.45) is 0.210. The summed E-state index contributed by atoms with van der Waals surface area (Å²) in [6, 6.07) is 9.57. The van der Waals surface area contributed by atoms with Crippen molar-refractivity contribution in [2.45, 2.75) is 77.0 Å². The van der Waals surface area contributed by atoms with Gasteiger partial charge in [0.25, 0.3) is 0 Å². The zero-order valence-corrected chi connectivity index (χ0v) is 24.6. The quantitative estimate of drug-likeness (QED) is 0.244. The number of ether oxygens (including phenoxy) is 1. The molecule has 3 heterocycles. The highest BCUT2D eigenvalue weighted by molar-refractivity contribution is 5.89. The summed E-state index contributed by atoms with van der Waals surface area (Å²) in [5, 5.41) is 28.0. The first-order chi connectivity index (χ1) is 18.5. The molecule has 12 heteroatoms. The number of aliphatic hydroxyl groups is 2. The number of rotatable bonds is 9. The average molecular weight is 576 g/mol. The van der Waals surface area contributed by atoms with Gasteiger partial charge in [-0.1, -0.05) is 32.9 Å². The van der Waals surface area contributed by atoms with Crippen LogP contribution in [0, 0.1) is 0 Å². The van der Waals surface area contributed by atoms with E-state index in [0.717, 1.165) is 5.69 Å². The molecular weight excluding hydrogens is 534 g/mol. The van der Waals surface area contributed by atoms with Crippen LogP contribution in [0.25, 0.3) is 11.0 Å². The van der Waals surface area contributed by atoms with Gasteiger partial charge in [-0.2, -0.15) is 0 Å². The number of nitrogens with one attached hydrogen (secondary N) is 2. The molecule has 40 heavy (non-hydrogen) atoms. The van der Waals surface area contributed by atoms with E-state index in [-0.39, 0.29) is 29.9 Å². The van der Waals surface area contributed by atoms with E-state index in [1.54, 1.807) is 16.8 Å². The fraction of sp³-hybridized carbons (Fsp3) is 0.536. The molecule has 11 nitrogen and oxygen atoms in total. The highest BCUT2D eigenvalue weighted by Crippen LogP contribution is 2.33. The van der Waals surface area contributed by atoms with Gasteiger partial charge >= 0.3 is 6.03 Å². The number of fused-ring (bicyclic) bond motifs is 1. The zero-order valence-electron chi connectivity index (χ0n) is 23.7. The van der Waals surface area contributed by atoms with Crippen LogP contribution in [0.4, 0.5) is 16.3 Å². The van der Waals surface area contributed by atoms with Crippen LogP contribution < -0.4 is 16.4 Å². The van der Waals surface area contributed by atoms with Crippen molar-refractivity contribution in [3.8, 4) is 0 Å². The molecule has 2 aromatic heterocycles. The van der Waals surface area contributed by atoms with Gasteiger partial charge in [-0.3, -0.25) is 4.90 Å². The molecule has 0 saturated carbocycles. The predicted molar refractivity (Wildman–Crippen MR) is 159 cm³/mol. The molecule has 1 aliphatic heterocycles. The van der Waals surface area contributed by atoms with Crippen LogP contribution >= 0.6 is 12.4 Å². The van der Waals surface area contributed by atoms with E-state index in [9.17, 15) is 15.0 Å². The van der Waals surface area contributed by atoms with Crippen molar-refractivity contribution in [3.05, 3.63) is 48.4 Å². The molecule has 3 aromatic rings. The number of hydrogen-bond acceptors (Lipinski definition) is 8. The van der Waals surface area contributed by atoms with E-state index < -0.39 is 24.5 Å². The number of nitrogen functional groups attached to an aromatic ring is 1. The fourth-order valence-corrected chi connectivity index (χ4v) is 4.81. The Morgan fingerprint density at radius 2 is 1.85 bits per heavy atom. The van der Waals surface area contributed by atoms with Crippen LogP contribution in [0.15, 0.2) is 42.9 Å². The molecule has 0 bridgehead atoms. The van der Waals surface area contributed by atoms with Crippen LogP contribution in [0.3, 0.4) is 0 Å². The summed E-state index contributed by atoms with van der Waals surface area (Å²) in [6.45, 7) is 12.2. The van der Waals surface area contributed by atoms with Gasteiger partial charge in [0.05, 0.1) is 5.39 Å². The first-order valence-electron chi connectivity index (χ1n) is 13.4. The Kier molecular flexibility index (Phi) is 10.4. The Balaban J connectivity index is 0.00000441. The van der Waals surface area contributed by atoms with Crippen molar-refractivity contribution in [3.63, 3.8) is 0 Å². The van der Waals surface area contributed by atoms with E-state index in [2.05, 4.69) is 60.1 Å². The fourth-order valence-electron chi connectivity index (χ4n) is 4.81. The van der Waals surface area contributed by atoms with Crippen molar-refractivity contribution in [1.82, 2.24) is 24.8 Å². The van der Waals surface area contributed by atoms with Crippen LogP contribution in [0.2, 0.25) is 0 Å². The number of carbonyl (C=O) groups is 1. The highest BCUT2D eigenvalue weighted by Gasteiger charge is 2.44. The maximum absolute atomic E-state index is 12.4. The van der Waals surface area contributed by atoms with Crippen molar-refractivity contribution in [2.24, 2.45) is 0 Å². The second-order valence-electron chi connectivity index (χ2n) is 11.4. The van der Waals surface area contributed by atoms with E-state index in [4.69, 9.17) is 10.5 Å². The number of nitrogens with zero attached hydrogens (tertiary/aromatic N) is 4. The van der Waals surface area contributed by atoms with Gasteiger partial charge in [0, 0.05) is 37.6 Å². The molecule has 6 N–H and O–H groups in total. The van der Waals surface area contributed by atoms with Gasteiger partial charge in [0.1, 0.15) is 36.1 Å². The number of hydrogen-bond donors (Lipinski definition) is 5. The molecule has 4 rings (SSSR count). The second-order valence-corrected chi connectivity index (χ2v) is 11.4. The molecule has 0 radical (unpaired) electrons. The lowest BCUT2D eigenvalue weighted by Crippen LogP contribution is -2.44. The van der Waals surface area contributed by atoms with E-state index in [1.807, 2.05) is 24.3 Å². The summed E-state index contributed by atoms with van der Waals surface area (Å²) in [5.41, 5.74) is 8.48. The van der Waals surface area contributed by atoms with Crippen molar-refractivity contribution >= 4 is 41.0 Å². The number of aromatic nitrogens is 3. The number of benzene rings is 1. The van der Waals surface area contributed by atoms with Gasteiger partial charge in [-0.15, -0.1) is 12.4 Å². The van der Waals surface area contributed by atoms with Gasteiger partial charge in [0.2, 0.25) is 0 Å². The Bertz CT molecular complexity index is 1260. The minimum Gasteiger partial charge on any atom is -0.387 e. The molecule has 1 aliphatic rings. The average Bonchev–Trinajstić information content (AvgIpc) is 3.42. The zero-order chi connectivity index (χ0) is 28.3. The van der Waals surface area contributed by atoms with Gasteiger partial charge in [0.15, 0.2) is 6.23 Å². The largest absolute Gasteiger partial charge is 0.387 e. The van der Waals surface area contributed by atoms with Gasteiger partial charge < -0.3 is 35.9 Å². The number of amides is 2. The van der Waals surface area contributed by atoms with Crippen LogP contribution in [0.5, 0.6) is 0 Å². The lowest BCUT2D eigenvalue weighted by molar-refractivity contribution is -0.0465. The summed E-state index contributed by atoms with van der Waals surface area (Å²) < 4.78 is 7.82. The Morgan fingerprint density at radius 1 is 1.15 bits per heavy atom. The first-order valence-corrected chi connectivity index (χ1v) is 13.4. The minimum atomic E-state index is -1.13. The number of carbonyl (C=O) groups excluding carboxylic acids is 1. The number of nitrogens with two attached hydrogens (primary N) is 1. The maximum Gasteiger partial charge on any atom is 0.319 e. The van der Waals surface area contributed by atoms with Crippen LogP contribution in [-0.2, 0) is 10.2 Å². The van der Waals surface area contributed by atoms with Gasteiger partial charge in [-0.05, 0) is 49.4 Å². The summed E-state index contributed by atoms with van der Waals surface area (Å²) in [7, 11) is 0. The normalized spacial score (nSPS) is 21.1. The van der Waals surface area contributed by atoms with Crippen molar-refractivity contribution < 1.29 is 19.7 Å². The minimum absolute atomic E-state index is 0. The maximum atomic E-state index is 12.4. The third-order valence-corrected chi connectivity index (χ3v) is 7.21. The van der Waals surface area contributed by atoms with Crippen molar-refractivity contribution in [1.29, 1.82) is 0 Å². The third kappa shape index (κ3) is 7.21. The number of aliphatic hydroxyl groups excluding tert-OH is 2. The lowest BCUT2D eigenvalue weighted by atomic mass is 9.87. The molecular formula is C28H42ClN7O4. The monoisotopic (exact) mass is 575 g/mol. The SMILES string of the molecule is CC(C)N(CCCNC(=O)Nc1ccc(C(C)(C)C)cc1)CC1OC(n2ccc3c(N)ncnc32)C(O)C1O.Cl. The predicted octanol–water partition coefficient (Wildman–Crippen LogP) is 3.27. The molecule has 1 saturated heterocycles. The number of urea groups is 1. The van der Waals surface area contributed by atoms with Crippen LogP contribution in [0.1, 0.15) is 52.8 Å². The summed E-state index contributed by atoms with van der Waals surface area (Å²) >= 11 is 0. The summed E-state index contributed by atoms with van der Waals surface area (Å²) in [4.78, 5) is 22.8. The molecule has 1 fully saturated rings. The van der Waals surface area contributed by atoms with E-state index in [1.165, 1.54) is 11.9 Å².